The molecule has 2 aromatic rings. The van der Waals surface area contributed by atoms with E-state index in [1.54, 1.807) is 0 Å². The van der Waals surface area contributed by atoms with Crippen molar-refractivity contribution in [1.29, 1.82) is 0 Å². The van der Waals surface area contributed by atoms with Crippen LogP contribution in [0.1, 0.15) is 24.4 Å². The number of esters is 1. The van der Waals surface area contributed by atoms with Gasteiger partial charge in [-0.15, -0.1) is 0 Å². The fraction of sp³-hybridized carbons (Fsp3) is 0.278. The second-order valence-electron chi connectivity index (χ2n) is 5.36. The monoisotopic (exact) mass is 281 g/mol. The van der Waals surface area contributed by atoms with Crippen LogP contribution in [0.4, 0.5) is 0 Å². The maximum Gasteiger partial charge on any atom is 0.322 e. The van der Waals surface area contributed by atoms with Crippen molar-refractivity contribution in [3.05, 3.63) is 60.2 Å². The fourth-order valence-corrected chi connectivity index (χ4v) is 2.87. The second kappa shape index (κ2) is 6.10. The maximum atomic E-state index is 11.5. The van der Waals surface area contributed by atoms with Gasteiger partial charge < -0.3 is 4.74 Å². The van der Waals surface area contributed by atoms with E-state index in [0.29, 0.717) is 0 Å². The van der Waals surface area contributed by atoms with E-state index in [1.807, 2.05) is 18.2 Å². The Morgan fingerprint density at radius 3 is 2.33 bits per heavy atom. The molecule has 1 heterocycles. The molecule has 108 valence electrons. The lowest BCUT2D eigenvalue weighted by molar-refractivity contribution is -0.142. The molecule has 0 amide bonds. The minimum Gasteiger partial charge on any atom is -0.468 e. The van der Waals surface area contributed by atoms with Gasteiger partial charge in [-0.25, -0.2) is 0 Å². The minimum atomic E-state index is -0.172. The van der Waals surface area contributed by atoms with Crippen LogP contribution in [0.3, 0.4) is 0 Å². The van der Waals surface area contributed by atoms with Crippen molar-refractivity contribution in [3.8, 4) is 11.1 Å². The van der Waals surface area contributed by atoms with Crippen molar-refractivity contribution in [2.24, 2.45) is 0 Å². The molecule has 0 spiro atoms. The SMILES string of the molecule is COC(=O)C1CCC(c2ccc(-c3ccccc3)cc2)N1. The highest BCUT2D eigenvalue weighted by molar-refractivity contribution is 5.76. The first-order valence-electron chi connectivity index (χ1n) is 7.27. The first kappa shape index (κ1) is 13.8. The van der Waals surface area contributed by atoms with E-state index in [9.17, 15) is 4.79 Å². The van der Waals surface area contributed by atoms with E-state index in [4.69, 9.17) is 4.74 Å². The highest BCUT2D eigenvalue weighted by atomic mass is 16.5. The molecular weight excluding hydrogens is 262 g/mol. The second-order valence-corrected chi connectivity index (χ2v) is 5.36. The van der Waals surface area contributed by atoms with E-state index in [-0.39, 0.29) is 18.1 Å². The maximum absolute atomic E-state index is 11.5. The van der Waals surface area contributed by atoms with Gasteiger partial charge in [0.1, 0.15) is 6.04 Å². The number of benzene rings is 2. The van der Waals surface area contributed by atoms with Crippen LogP contribution in [0.25, 0.3) is 11.1 Å². The minimum absolute atomic E-state index is 0.168. The first-order chi connectivity index (χ1) is 10.3. The highest BCUT2D eigenvalue weighted by Gasteiger charge is 2.30. The van der Waals surface area contributed by atoms with E-state index in [1.165, 1.54) is 23.8 Å². The van der Waals surface area contributed by atoms with Gasteiger partial charge in [-0.1, -0.05) is 54.6 Å². The molecule has 21 heavy (non-hydrogen) atoms. The average molecular weight is 281 g/mol. The zero-order valence-electron chi connectivity index (χ0n) is 12.1. The molecule has 1 saturated heterocycles. The smallest absolute Gasteiger partial charge is 0.322 e. The van der Waals surface area contributed by atoms with E-state index >= 15 is 0 Å². The number of methoxy groups -OCH3 is 1. The van der Waals surface area contributed by atoms with Crippen LogP contribution in [0.5, 0.6) is 0 Å². The van der Waals surface area contributed by atoms with Crippen LogP contribution >= 0.6 is 0 Å². The predicted molar refractivity (Wildman–Crippen MR) is 82.8 cm³/mol. The summed E-state index contributed by atoms with van der Waals surface area (Å²) >= 11 is 0. The largest absolute Gasteiger partial charge is 0.468 e. The van der Waals surface area contributed by atoms with Gasteiger partial charge in [0.25, 0.3) is 0 Å². The van der Waals surface area contributed by atoms with Gasteiger partial charge >= 0.3 is 5.97 Å². The Hall–Kier alpha value is -2.13. The summed E-state index contributed by atoms with van der Waals surface area (Å²) in [6.07, 6.45) is 1.79. The van der Waals surface area contributed by atoms with Gasteiger partial charge in [0.2, 0.25) is 0 Å². The lowest BCUT2D eigenvalue weighted by Gasteiger charge is -2.14. The van der Waals surface area contributed by atoms with Crippen molar-refractivity contribution in [1.82, 2.24) is 5.32 Å². The van der Waals surface area contributed by atoms with Gasteiger partial charge in [0, 0.05) is 6.04 Å². The molecule has 1 fully saturated rings. The first-order valence-corrected chi connectivity index (χ1v) is 7.27. The standard InChI is InChI=1S/C18H19NO2/c1-21-18(20)17-12-11-16(19-17)15-9-7-14(8-10-15)13-5-3-2-4-6-13/h2-10,16-17,19H,11-12H2,1H3. The van der Waals surface area contributed by atoms with Crippen LogP contribution in [0.2, 0.25) is 0 Å². The molecule has 3 nitrogen and oxygen atoms in total. The van der Waals surface area contributed by atoms with Crippen LogP contribution in [-0.2, 0) is 9.53 Å². The average Bonchev–Trinajstić information content (AvgIpc) is 3.05. The third-order valence-electron chi connectivity index (χ3n) is 4.05. The molecule has 0 bridgehead atoms. The number of carbonyl (C=O) groups excluding carboxylic acids is 1. The summed E-state index contributed by atoms with van der Waals surface area (Å²) in [6.45, 7) is 0. The molecule has 3 rings (SSSR count). The molecule has 0 radical (unpaired) electrons. The molecule has 0 aliphatic carbocycles. The van der Waals surface area contributed by atoms with E-state index in [0.717, 1.165) is 12.8 Å². The molecule has 1 N–H and O–H groups in total. The quantitative estimate of drug-likeness (QED) is 0.877. The fourth-order valence-electron chi connectivity index (χ4n) is 2.87. The van der Waals surface area contributed by atoms with Gasteiger partial charge in [-0.3, -0.25) is 10.1 Å². The Bertz CT molecular complexity index is 607. The zero-order valence-corrected chi connectivity index (χ0v) is 12.1. The topological polar surface area (TPSA) is 38.3 Å². The summed E-state index contributed by atoms with van der Waals surface area (Å²) in [4.78, 5) is 11.5. The Morgan fingerprint density at radius 2 is 1.67 bits per heavy atom. The summed E-state index contributed by atoms with van der Waals surface area (Å²) in [5.74, 6) is -0.168. The normalized spacial score (nSPS) is 21.2. The Morgan fingerprint density at radius 1 is 1.00 bits per heavy atom. The van der Waals surface area contributed by atoms with Crippen molar-refractivity contribution < 1.29 is 9.53 Å². The molecule has 2 unspecified atom stereocenters. The summed E-state index contributed by atoms with van der Waals surface area (Å²) in [6, 6.07) is 18.9. The van der Waals surface area contributed by atoms with Crippen molar-refractivity contribution >= 4 is 5.97 Å². The molecule has 2 atom stereocenters. The number of hydrogen-bond donors (Lipinski definition) is 1. The summed E-state index contributed by atoms with van der Waals surface area (Å²) in [5, 5.41) is 3.34. The molecule has 3 heteroatoms. The highest BCUT2D eigenvalue weighted by Crippen LogP contribution is 2.28. The lowest BCUT2D eigenvalue weighted by Crippen LogP contribution is -2.33. The van der Waals surface area contributed by atoms with E-state index < -0.39 is 0 Å². The van der Waals surface area contributed by atoms with Crippen molar-refractivity contribution in [2.75, 3.05) is 7.11 Å². The van der Waals surface area contributed by atoms with Crippen LogP contribution < -0.4 is 5.32 Å². The van der Waals surface area contributed by atoms with Gasteiger partial charge in [-0.05, 0) is 29.5 Å². The van der Waals surface area contributed by atoms with Crippen molar-refractivity contribution in [2.45, 2.75) is 24.9 Å². The van der Waals surface area contributed by atoms with Crippen LogP contribution in [-0.4, -0.2) is 19.1 Å². The Labute approximate surface area is 124 Å². The molecule has 0 saturated carbocycles. The number of ether oxygens (including phenoxy) is 1. The molecule has 2 aromatic carbocycles. The van der Waals surface area contributed by atoms with Crippen molar-refractivity contribution in [3.63, 3.8) is 0 Å². The van der Waals surface area contributed by atoms with Gasteiger partial charge in [-0.2, -0.15) is 0 Å². The molecule has 1 aliphatic rings. The summed E-state index contributed by atoms with van der Waals surface area (Å²) < 4.78 is 4.79. The summed E-state index contributed by atoms with van der Waals surface area (Å²) in [5.41, 5.74) is 3.65. The zero-order chi connectivity index (χ0) is 14.7. The van der Waals surface area contributed by atoms with Crippen LogP contribution in [0, 0.1) is 0 Å². The van der Waals surface area contributed by atoms with Crippen LogP contribution in [0.15, 0.2) is 54.6 Å². The van der Waals surface area contributed by atoms with Gasteiger partial charge in [0.15, 0.2) is 0 Å². The third-order valence-corrected chi connectivity index (χ3v) is 4.05. The number of carbonyl (C=O) groups is 1. The Balaban J connectivity index is 1.72. The Kier molecular flexibility index (Phi) is 4.02. The number of nitrogens with one attached hydrogen (secondary N) is 1. The number of hydrogen-bond acceptors (Lipinski definition) is 3. The molecule has 0 aromatic heterocycles. The lowest BCUT2D eigenvalue weighted by atomic mass is 10.00. The molecular formula is C18H19NO2. The molecule has 1 aliphatic heterocycles. The third kappa shape index (κ3) is 2.98. The predicted octanol–water partition coefficient (Wildman–Crippen LogP) is 3.32. The summed E-state index contributed by atoms with van der Waals surface area (Å²) in [7, 11) is 1.44. The van der Waals surface area contributed by atoms with Gasteiger partial charge in [0.05, 0.1) is 7.11 Å². The number of rotatable bonds is 3. The van der Waals surface area contributed by atoms with E-state index in [2.05, 4.69) is 41.7 Å².